The minimum absolute atomic E-state index is 0. The molecule has 118 valence electrons. The van der Waals surface area contributed by atoms with Crippen molar-refractivity contribution in [3.05, 3.63) is 35.9 Å². The molecule has 0 aromatic heterocycles. The van der Waals surface area contributed by atoms with E-state index in [1.54, 1.807) is 13.2 Å². The summed E-state index contributed by atoms with van der Waals surface area (Å²) >= 11 is 0. The zero-order chi connectivity index (χ0) is 14.8. The number of benzene rings is 1. The van der Waals surface area contributed by atoms with Gasteiger partial charge in [0, 0.05) is 18.2 Å². The predicted molar refractivity (Wildman–Crippen MR) is 80.8 cm³/mol. The van der Waals surface area contributed by atoms with Crippen LogP contribution in [0.25, 0.3) is 6.08 Å². The Kier molecular flexibility index (Phi) is 10.4. The molecule has 0 bridgehead atoms. The Morgan fingerprint density at radius 3 is 2.52 bits per heavy atom. The maximum absolute atomic E-state index is 11.6. The van der Waals surface area contributed by atoms with Crippen molar-refractivity contribution in [2.75, 3.05) is 33.4 Å². The zero-order valence-corrected chi connectivity index (χ0v) is 13.6. The summed E-state index contributed by atoms with van der Waals surface area (Å²) in [5.41, 5.74) is 0.857. The number of rotatable bonds is 8. The van der Waals surface area contributed by atoms with E-state index in [1.807, 2.05) is 24.3 Å². The lowest BCUT2D eigenvalue weighted by atomic mass is 10.2. The molecule has 0 aliphatic heterocycles. The topological polar surface area (TPSA) is 38.8 Å². The minimum Gasteiger partial charge on any atom is -1.00 e. The van der Waals surface area contributed by atoms with Gasteiger partial charge in [-0.15, -0.1) is 0 Å². The highest BCUT2D eigenvalue weighted by molar-refractivity contribution is 5.87. The van der Waals surface area contributed by atoms with E-state index in [9.17, 15) is 4.79 Å². The van der Waals surface area contributed by atoms with Gasteiger partial charge in [0.15, 0.2) is 0 Å². The number of esters is 1. The molecule has 0 fully saturated rings. The van der Waals surface area contributed by atoms with Gasteiger partial charge in [0.2, 0.25) is 0 Å². The fourth-order valence-electron chi connectivity index (χ4n) is 1.83. The van der Waals surface area contributed by atoms with Gasteiger partial charge in [0.25, 0.3) is 0 Å². The Bertz CT molecular complexity index is 445. The number of likely N-dealkylation sites (N-methyl/N-ethyl adjacent to an activating group) is 1. The summed E-state index contributed by atoms with van der Waals surface area (Å²) in [5, 5.41) is 0. The van der Waals surface area contributed by atoms with Gasteiger partial charge in [-0.3, -0.25) is 0 Å². The number of ether oxygens (including phenoxy) is 2. The highest BCUT2D eigenvalue weighted by Crippen LogP contribution is 2.18. The molecule has 0 N–H and O–H groups in total. The molecule has 0 unspecified atom stereocenters. The lowest BCUT2D eigenvalue weighted by Crippen LogP contribution is -3.00. The number of hydrogen-bond donors (Lipinski definition) is 0. The Morgan fingerprint density at radius 1 is 1.24 bits per heavy atom. The summed E-state index contributed by atoms with van der Waals surface area (Å²) in [5.74, 6) is 0.405. The third-order valence-electron chi connectivity index (χ3n) is 3.08. The number of carbonyl (C=O) groups is 1. The van der Waals surface area contributed by atoms with Gasteiger partial charge >= 0.3 is 5.97 Å². The van der Waals surface area contributed by atoms with E-state index < -0.39 is 0 Å². The van der Waals surface area contributed by atoms with Crippen molar-refractivity contribution in [1.29, 1.82) is 0 Å². The third-order valence-corrected chi connectivity index (χ3v) is 3.08. The van der Waals surface area contributed by atoms with Crippen LogP contribution in [0.2, 0.25) is 0 Å². The van der Waals surface area contributed by atoms with Crippen LogP contribution in [0.3, 0.4) is 0 Å². The second-order valence-electron chi connectivity index (χ2n) is 4.27. The van der Waals surface area contributed by atoms with Crippen LogP contribution in [-0.2, 0) is 9.53 Å². The number of para-hydroxylation sites is 1. The van der Waals surface area contributed by atoms with Gasteiger partial charge in [-0.1, -0.05) is 32.0 Å². The highest BCUT2D eigenvalue weighted by Gasteiger charge is 2.02. The first kappa shape index (κ1) is 19.5. The number of nitrogens with zero attached hydrogens (tertiary/aromatic N) is 1. The Hall–Kier alpha value is -1.52. The van der Waals surface area contributed by atoms with Gasteiger partial charge in [-0.05, 0) is 25.2 Å². The molecule has 5 heteroatoms. The summed E-state index contributed by atoms with van der Waals surface area (Å²) < 4.78 is 10.4. The monoisotopic (exact) mass is 312 g/mol. The molecule has 1 rings (SSSR count). The van der Waals surface area contributed by atoms with Crippen molar-refractivity contribution >= 4 is 12.0 Å². The van der Waals surface area contributed by atoms with Crippen LogP contribution in [0.1, 0.15) is 19.4 Å². The summed E-state index contributed by atoms with van der Waals surface area (Å²) in [6.45, 7) is 7.29. The average molecular weight is 313 g/mol. The van der Waals surface area contributed by atoms with Crippen molar-refractivity contribution in [2.45, 2.75) is 13.8 Å². The Morgan fingerprint density at radius 2 is 1.90 bits per heavy atom. The van der Waals surface area contributed by atoms with Crippen LogP contribution in [-0.4, -0.2) is 44.2 Å². The summed E-state index contributed by atoms with van der Waals surface area (Å²) in [6, 6.07) is 7.52. The van der Waals surface area contributed by atoms with E-state index in [0.717, 1.165) is 30.9 Å². The molecule has 1 aromatic carbocycles. The van der Waals surface area contributed by atoms with E-state index in [1.165, 1.54) is 6.08 Å². The van der Waals surface area contributed by atoms with E-state index in [2.05, 4.69) is 18.7 Å². The van der Waals surface area contributed by atoms with Gasteiger partial charge < -0.3 is 26.8 Å². The lowest BCUT2D eigenvalue weighted by molar-refractivity contribution is -0.138. The van der Waals surface area contributed by atoms with E-state index in [0.29, 0.717) is 6.61 Å². The van der Waals surface area contributed by atoms with Crippen molar-refractivity contribution in [2.24, 2.45) is 0 Å². The molecular formula is C16H23ClNO3-. The van der Waals surface area contributed by atoms with Crippen LogP contribution in [0.5, 0.6) is 5.75 Å². The first-order valence-corrected chi connectivity index (χ1v) is 6.91. The number of carbonyl (C=O) groups excluding carboxylic acids is 1. The van der Waals surface area contributed by atoms with Crippen LogP contribution in [0, 0.1) is 0 Å². The lowest BCUT2D eigenvalue weighted by Gasteiger charge is -2.17. The van der Waals surface area contributed by atoms with Crippen molar-refractivity contribution in [1.82, 2.24) is 4.90 Å². The van der Waals surface area contributed by atoms with Crippen LogP contribution in [0.4, 0.5) is 0 Å². The molecule has 0 heterocycles. The smallest absolute Gasteiger partial charge is 0.330 e. The predicted octanol–water partition coefficient (Wildman–Crippen LogP) is -0.403. The SMILES string of the molecule is CCN(CC)CCOC(=O)/C=C/c1ccccc1OC.[Cl-]. The van der Waals surface area contributed by atoms with E-state index in [-0.39, 0.29) is 18.4 Å². The van der Waals surface area contributed by atoms with Gasteiger partial charge in [-0.25, -0.2) is 4.79 Å². The van der Waals surface area contributed by atoms with Crippen LogP contribution in [0.15, 0.2) is 30.3 Å². The van der Waals surface area contributed by atoms with E-state index >= 15 is 0 Å². The first-order valence-electron chi connectivity index (χ1n) is 6.91. The molecule has 0 radical (unpaired) electrons. The molecule has 0 saturated heterocycles. The Labute approximate surface area is 133 Å². The van der Waals surface area contributed by atoms with Gasteiger partial charge in [0.1, 0.15) is 12.4 Å². The normalized spacial score (nSPS) is 10.5. The number of methoxy groups -OCH3 is 1. The van der Waals surface area contributed by atoms with Crippen LogP contribution >= 0.6 is 0 Å². The molecule has 21 heavy (non-hydrogen) atoms. The maximum atomic E-state index is 11.6. The fourth-order valence-corrected chi connectivity index (χ4v) is 1.83. The first-order chi connectivity index (χ1) is 9.71. The highest BCUT2D eigenvalue weighted by atomic mass is 35.5. The molecule has 0 spiro atoms. The van der Waals surface area contributed by atoms with E-state index in [4.69, 9.17) is 9.47 Å². The third kappa shape index (κ3) is 7.16. The molecule has 0 amide bonds. The summed E-state index contributed by atoms with van der Waals surface area (Å²) in [7, 11) is 1.61. The largest absolute Gasteiger partial charge is 1.00 e. The summed E-state index contributed by atoms with van der Waals surface area (Å²) in [6.07, 6.45) is 3.14. The summed E-state index contributed by atoms with van der Waals surface area (Å²) in [4.78, 5) is 13.8. The molecular weight excluding hydrogens is 290 g/mol. The van der Waals surface area contributed by atoms with Crippen molar-refractivity contribution in [3.63, 3.8) is 0 Å². The van der Waals surface area contributed by atoms with Crippen molar-refractivity contribution in [3.8, 4) is 5.75 Å². The second kappa shape index (κ2) is 11.2. The molecule has 0 aliphatic carbocycles. The zero-order valence-electron chi connectivity index (χ0n) is 12.8. The fraction of sp³-hybridized carbons (Fsp3) is 0.438. The molecule has 0 atom stereocenters. The molecule has 0 aliphatic rings. The average Bonchev–Trinajstić information content (AvgIpc) is 2.49. The minimum atomic E-state index is -0.330. The molecule has 0 saturated carbocycles. The number of halogens is 1. The van der Waals surface area contributed by atoms with Gasteiger partial charge in [0.05, 0.1) is 7.11 Å². The van der Waals surface area contributed by atoms with Crippen LogP contribution < -0.4 is 17.1 Å². The molecule has 1 aromatic rings. The molecule has 4 nitrogen and oxygen atoms in total. The maximum Gasteiger partial charge on any atom is 0.330 e. The van der Waals surface area contributed by atoms with Gasteiger partial charge in [-0.2, -0.15) is 0 Å². The quantitative estimate of drug-likeness (QED) is 0.483. The van der Waals surface area contributed by atoms with Crippen molar-refractivity contribution < 1.29 is 26.7 Å². The second-order valence-corrected chi connectivity index (χ2v) is 4.27. The number of hydrogen-bond acceptors (Lipinski definition) is 4. The standard InChI is InChI=1S/C16H23NO3.ClH/c1-4-17(5-2)12-13-20-16(18)11-10-14-8-6-7-9-15(14)19-3;/h6-11H,4-5,12-13H2,1-3H3;1H/p-1/b11-10+;. The Balaban J connectivity index is 0.00000400.